The lowest BCUT2D eigenvalue weighted by molar-refractivity contribution is -0.00788. The second kappa shape index (κ2) is 10.4. The minimum Gasteiger partial charge on any atom is -0.386 e. The van der Waals surface area contributed by atoms with Crippen LogP contribution in [0.3, 0.4) is 0 Å². The smallest absolute Gasteiger partial charge is 0.131 e. The van der Waals surface area contributed by atoms with Crippen LogP contribution in [0.5, 0.6) is 0 Å². The second-order valence-electron chi connectivity index (χ2n) is 6.53. The lowest BCUT2D eigenvalue weighted by Gasteiger charge is -2.20. The van der Waals surface area contributed by atoms with Crippen molar-refractivity contribution in [1.82, 2.24) is 9.27 Å². The highest BCUT2D eigenvalue weighted by molar-refractivity contribution is 7.13. The highest BCUT2D eigenvalue weighted by atomic mass is 32.1. The van der Waals surface area contributed by atoms with Crippen LogP contribution in [0.15, 0.2) is 60.7 Å². The topological polar surface area (TPSA) is 45.6 Å². The maximum atomic E-state index is 10.6. The molecule has 0 aliphatic heterocycles. The van der Waals surface area contributed by atoms with Gasteiger partial charge in [0.2, 0.25) is 0 Å². The summed E-state index contributed by atoms with van der Waals surface area (Å²) in [7, 11) is 2.04. The summed E-state index contributed by atoms with van der Waals surface area (Å²) in [5.41, 5.74) is 1.85. The number of aliphatic hydroxyl groups is 1. The summed E-state index contributed by atoms with van der Waals surface area (Å²) in [4.78, 5) is 2.15. The number of benzene rings is 1. The molecular formula is C21H28N2O2S. The van der Waals surface area contributed by atoms with Crippen LogP contribution in [0.1, 0.15) is 25.6 Å². The first-order valence-electron chi connectivity index (χ1n) is 8.76. The van der Waals surface area contributed by atoms with E-state index < -0.39 is 12.2 Å². The number of ether oxygens (including phenoxy) is 1. The first-order valence-corrected chi connectivity index (χ1v) is 9.53. The molecule has 0 fully saturated rings. The third-order valence-electron chi connectivity index (χ3n) is 3.89. The Balaban J connectivity index is 2.11. The monoisotopic (exact) mass is 372 g/mol. The summed E-state index contributed by atoms with van der Waals surface area (Å²) >= 11 is 1.44. The maximum absolute atomic E-state index is 10.6. The van der Waals surface area contributed by atoms with Gasteiger partial charge in [-0.25, -0.2) is 0 Å². The van der Waals surface area contributed by atoms with Crippen LogP contribution in [0.2, 0.25) is 0 Å². The number of allylic oxidation sites excluding steroid dienone is 1. The van der Waals surface area contributed by atoms with E-state index in [9.17, 15) is 5.11 Å². The zero-order valence-electron chi connectivity index (χ0n) is 15.8. The molecule has 140 valence electrons. The highest BCUT2D eigenvalue weighted by Crippen LogP contribution is 2.31. The van der Waals surface area contributed by atoms with Gasteiger partial charge in [-0.2, -0.15) is 4.37 Å². The molecule has 2 rings (SSSR count). The number of fused-ring (bicyclic) bond motifs is 1. The van der Waals surface area contributed by atoms with Crippen molar-refractivity contribution in [2.24, 2.45) is 0 Å². The number of hydrogen-bond donors (Lipinski definition) is 1. The van der Waals surface area contributed by atoms with Crippen molar-refractivity contribution in [2.45, 2.75) is 26.1 Å². The molecule has 0 spiro atoms. The molecule has 1 aromatic carbocycles. The molecule has 5 heteroatoms. The van der Waals surface area contributed by atoms with Crippen molar-refractivity contribution in [3.8, 4) is 0 Å². The maximum Gasteiger partial charge on any atom is 0.131 e. The van der Waals surface area contributed by atoms with Crippen molar-refractivity contribution < 1.29 is 9.84 Å². The molecule has 0 aliphatic carbocycles. The van der Waals surface area contributed by atoms with E-state index in [1.165, 1.54) is 11.5 Å². The van der Waals surface area contributed by atoms with E-state index in [1.54, 1.807) is 0 Å². The molecule has 26 heavy (non-hydrogen) atoms. The van der Waals surface area contributed by atoms with Gasteiger partial charge in [-0.05, 0) is 38.5 Å². The summed E-state index contributed by atoms with van der Waals surface area (Å²) in [5.74, 6) is 0. The normalized spacial score (nSPS) is 14.0. The van der Waals surface area contributed by atoms with Gasteiger partial charge in [0.25, 0.3) is 0 Å². The molecule has 4 nitrogen and oxygen atoms in total. The van der Waals surface area contributed by atoms with E-state index in [4.69, 9.17) is 4.74 Å². The predicted octanol–water partition coefficient (Wildman–Crippen LogP) is 4.36. The molecule has 0 radical (unpaired) electrons. The fraction of sp³-hybridized carbons (Fsp3) is 0.381. The Morgan fingerprint density at radius 2 is 2.08 bits per heavy atom. The third kappa shape index (κ3) is 5.88. The number of aromatic nitrogens is 1. The molecule has 0 amide bonds. The van der Waals surface area contributed by atoms with Gasteiger partial charge in [0.15, 0.2) is 0 Å². The molecular weight excluding hydrogens is 344 g/mol. The standard InChI is InChI=1S/C21H28N2O2S/c1-5-12-23(4)13-8-9-14-25-21(18(24)15-16(2)3)20-17-10-6-7-11-19(17)26-22-20/h5-11,15,18,21,24H,1,12-14H2,2-4H3. The van der Waals surface area contributed by atoms with Gasteiger partial charge >= 0.3 is 0 Å². The Hall–Kier alpha value is -1.79. The van der Waals surface area contributed by atoms with Crippen LogP contribution >= 0.6 is 11.5 Å². The average Bonchev–Trinajstić information content (AvgIpc) is 3.01. The van der Waals surface area contributed by atoms with Crippen LogP contribution in [-0.4, -0.2) is 47.2 Å². The van der Waals surface area contributed by atoms with Crippen molar-refractivity contribution in [1.29, 1.82) is 0 Å². The van der Waals surface area contributed by atoms with Crippen molar-refractivity contribution in [3.63, 3.8) is 0 Å². The van der Waals surface area contributed by atoms with Gasteiger partial charge in [-0.1, -0.05) is 48.1 Å². The van der Waals surface area contributed by atoms with Crippen LogP contribution in [-0.2, 0) is 4.74 Å². The van der Waals surface area contributed by atoms with E-state index in [2.05, 4.69) is 21.9 Å². The first-order chi connectivity index (χ1) is 12.5. The quantitative estimate of drug-likeness (QED) is 0.630. The van der Waals surface area contributed by atoms with Crippen LogP contribution in [0, 0.1) is 0 Å². The molecule has 2 unspecified atom stereocenters. The predicted molar refractivity (Wildman–Crippen MR) is 111 cm³/mol. The van der Waals surface area contributed by atoms with Crippen molar-refractivity contribution in [2.75, 3.05) is 26.7 Å². The lowest BCUT2D eigenvalue weighted by Crippen LogP contribution is -2.21. The van der Waals surface area contributed by atoms with Gasteiger partial charge in [0.1, 0.15) is 12.2 Å². The fourth-order valence-corrected chi connectivity index (χ4v) is 3.46. The van der Waals surface area contributed by atoms with E-state index in [-0.39, 0.29) is 0 Å². The summed E-state index contributed by atoms with van der Waals surface area (Å²) < 4.78 is 11.7. The average molecular weight is 373 g/mol. The lowest BCUT2D eigenvalue weighted by atomic mass is 10.0. The SMILES string of the molecule is C=CCN(C)CC=CCOC(c1nsc2ccccc12)C(O)C=C(C)C. The Morgan fingerprint density at radius 1 is 1.31 bits per heavy atom. The second-order valence-corrected chi connectivity index (χ2v) is 7.34. The number of aliphatic hydroxyl groups excluding tert-OH is 1. The number of likely N-dealkylation sites (N-methyl/N-ethyl adjacent to an activating group) is 1. The molecule has 0 aliphatic rings. The van der Waals surface area contributed by atoms with E-state index >= 15 is 0 Å². The molecule has 1 N–H and O–H groups in total. The highest BCUT2D eigenvalue weighted by Gasteiger charge is 2.24. The van der Waals surface area contributed by atoms with Gasteiger partial charge in [-0.3, -0.25) is 4.90 Å². The van der Waals surface area contributed by atoms with E-state index in [0.29, 0.717) is 6.61 Å². The largest absolute Gasteiger partial charge is 0.386 e. The Labute approximate surface area is 160 Å². The Morgan fingerprint density at radius 3 is 2.81 bits per heavy atom. The van der Waals surface area contributed by atoms with Crippen molar-refractivity contribution in [3.05, 3.63) is 66.4 Å². The van der Waals surface area contributed by atoms with Crippen LogP contribution in [0.25, 0.3) is 10.1 Å². The minimum atomic E-state index is -0.734. The molecule has 0 saturated carbocycles. The number of nitrogens with zero attached hydrogens (tertiary/aromatic N) is 2. The fourth-order valence-electron chi connectivity index (χ4n) is 2.66. The first kappa shape index (κ1) is 20.5. The van der Waals surface area contributed by atoms with E-state index in [1.807, 2.05) is 63.4 Å². The summed E-state index contributed by atoms with van der Waals surface area (Å²) in [6.07, 6.45) is 6.52. The summed E-state index contributed by atoms with van der Waals surface area (Å²) in [6, 6.07) is 8.05. The van der Waals surface area contributed by atoms with Gasteiger partial charge in [-0.15, -0.1) is 6.58 Å². The Bertz CT molecular complexity index is 762. The van der Waals surface area contributed by atoms with Crippen LogP contribution < -0.4 is 0 Å². The number of rotatable bonds is 10. The summed E-state index contributed by atoms with van der Waals surface area (Å²) in [6.45, 7) is 9.77. The third-order valence-corrected chi connectivity index (χ3v) is 4.73. The van der Waals surface area contributed by atoms with Crippen molar-refractivity contribution >= 4 is 21.6 Å². The molecule has 0 bridgehead atoms. The molecule has 0 saturated heterocycles. The molecule has 1 heterocycles. The molecule has 2 aromatic rings. The van der Waals surface area contributed by atoms with Gasteiger partial charge < -0.3 is 9.84 Å². The van der Waals surface area contributed by atoms with Crippen LogP contribution in [0.4, 0.5) is 0 Å². The van der Waals surface area contributed by atoms with E-state index in [0.717, 1.165) is 34.4 Å². The minimum absolute atomic E-state index is 0.423. The molecule has 2 atom stereocenters. The number of hydrogen-bond acceptors (Lipinski definition) is 5. The molecule has 1 aromatic heterocycles. The van der Waals surface area contributed by atoms with Gasteiger partial charge in [0, 0.05) is 18.5 Å². The zero-order chi connectivity index (χ0) is 18.9. The summed E-state index contributed by atoms with van der Waals surface area (Å²) in [5, 5.41) is 11.7. The Kier molecular flexibility index (Phi) is 8.19. The van der Waals surface area contributed by atoms with Gasteiger partial charge in [0.05, 0.1) is 17.0 Å². The zero-order valence-corrected chi connectivity index (χ0v) is 16.6.